The number of hydrogen-bond acceptors (Lipinski definition) is 4. The van der Waals surface area contributed by atoms with Gasteiger partial charge in [0, 0.05) is 29.1 Å². The highest BCUT2D eigenvalue weighted by atomic mass is 35.5. The van der Waals surface area contributed by atoms with E-state index in [2.05, 4.69) is 10.6 Å². The second-order valence-corrected chi connectivity index (χ2v) is 9.29. The molecule has 0 radical (unpaired) electrons. The maximum Gasteiger partial charge on any atom is 0.256 e. The van der Waals surface area contributed by atoms with Crippen molar-refractivity contribution >= 4 is 35.0 Å². The van der Waals surface area contributed by atoms with E-state index < -0.39 is 6.04 Å². The van der Waals surface area contributed by atoms with Gasteiger partial charge in [-0.2, -0.15) is 0 Å². The molecule has 0 aliphatic carbocycles. The molecular formula is C26H30ClN3O4. The zero-order valence-corrected chi connectivity index (χ0v) is 20.4. The summed E-state index contributed by atoms with van der Waals surface area (Å²) in [7, 11) is 1.58. The van der Waals surface area contributed by atoms with Gasteiger partial charge in [0.05, 0.1) is 18.4 Å². The van der Waals surface area contributed by atoms with Crippen LogP contribution >= 0.6 is 11.6 Å². The first-order chi connectivity index (χ1) is 16.4. The Kier molecular flexibility index (Phi) is 7.12. The fourth-order valence-electron chi connectivity index (χ4n) is 4.84. The van der Waals surface area contributed by atoms with Crippen LogP contribution < -0.4 is 15.4 Å². The molecule has 2 aromatic carbocycles. The van der Waals surface area contributed by atoms with Gasteiger partial charge >= 0.3 is 0 Å². The second kappa shape index (κ2) is 10.1. The zero-order chi connectivity index (χ0) is 24.4. The molecule has 1 saturated heterocycles. The first-order valence-corrected chi connectivity index (χ1v) is 12.1. The lowest BCUT2D eigenvalue weighted by Gasteiger charge is -2.37. The molecule has 3 amide bonds. The molecule has 0 bridgehead atoms. The highest BCUT2D eigenvalue weighted by molar-refractivity contribution is 6.31. The molecule has 0 aromatic heterocycles. The summed E-state index contributed by atoms with van der Waals surface area (Å²) in [6, 6.07) is 9.90. The molecule has 2 aliphatic heterocycles. The molecule has 7 nitrogen and oxygen atoms in total. The van der Waals surface area contributed by atoms with E-state index in [0.29, 0.717) is 41.4 Å². The maximum absolute atomic E-state index is 13.5. The summed E-state index contributed by atoms with van der Waals surface area (Å²) in [6.07, 6.45) is 2.56. The Morgan fingerprint density at radius 1 is 1.18 bits per heavy atom. The van der Waals surface area contributed by atoms with Crippen LogP contribution in [0.1, 0.15) is 49.9 Å². The molecular weight excluding hydrogens is 454 g/mol. The van der Waals surface area contributed by atoms with E-state index in [0.717, 1.165) is 24.0 Å². The van der Waals surface area contributed by atoms with Gasteiger partial charge in [-0.3, -0.25) is 14.4 Å². The van der Waals surface area contributed by atoms with Crippen molar-refractivity contribution in [2.45, 2.75) is 51.6 Å². The number of fused-ring (bicyclic) bond motifs is 2. The van der Waals surface area contributed by atoms with E-state index in [4.69, 9.17) is 16.3 Å². The van der Waals surface area contributed by atoms with Crippen molar-refractivity contribution in [1.29, 1.82) is 0 Å². The topological polar surface area (TPSA) is 87.7 Å². The SMILES string of the molecule is CCC(CC)C(=O)N[C@@H]1CCN2C(=O)c3cc(-c4cc(Cl)ccc4OC)ccc3NC(=O)[C@@H]2C1. The minimum absolute atomic E-state index is 0.0206. The minimum atomic E-state index is -0.634. The highest BCUT2D eigenvalue weighted by Gasteiger charge is 2.40. The number of amides is 3. The molecule has 2 heterocycles. The van der Waals surface area contributed by atoms with Gasteiger partial charge in [0.1, 0.15) is 11.8 Å². The number of piperidine rings is 1. The summed E-state index contributed by atoms with van der Waals surface area (Å²) in [5.74, 6) is 0.190. The Morgan fingerprint density at radius 3 is 2.65 bits per heavy atom. The summed E-state index contributed by atoms with van der Waals surface area (Å²) in [4.78, 5) is 40.8. The van der Waals surface area contributed by atoms with Gasteiger partial charge in [0.25, 0.3) is 5.91 Å². The Hall–Kier alpha value is -3.06. The van der Waals surface area contributed by atoms with Gasteiger partial charge in [-0.1, -0.05) is 31.5 Å². The normalized spacial score (nSPS) is 19.7. The van der Waals surface area contributed by atoms with Crippen LogP contribution in [0.2, 0.25) is 5.02 Å². The summed E-state index contributed by atoms with van der Waals surface area (Å²) in [5.41, 5.74) is 2.44. The quantitative estimate of drug-likeness (QED) is 0.633. The zero-order valence-electron chi connectivity index (χ0n) is 19.7. The summed E-state index contributed by atoms with van der Waals surface area (Å²) in [5, 5.41) is 6.57. The van der Waals surface area contributed by atoms with Crippen LogP contribution in [0.25, 0.3) is 11.1 Å². The lowest BCUT2D eigenvalue weighted by atomic mass is 9.94. The van der Waals surface area contributed by atoms with Crippen LogP contribution in [0, 0.1) is 5.92 Å². The molecule has 2 atom stereocenters. The van der Waals surface area contributed by atoms with Crippen molar-refractivity contribution in [1.82, 2.24) is 10.2 Å². The van der Waals surface area contributed by atoms with Crippen LogP contribution in [0.5, 0.6) is 5.75 Å². The molecule has 2 aromatic rings. The van der Waals surface area contributed by atoms with Gasteiger partial charge in [-0.05, 0) is 61.6 Å². The third-order valence-electron chi connectivity index (χ3n) is 6.85. The van der Waals surface area contributed by atoms with Crippen molar-refractivity contribution in [2.75, 3.05) is 19.0 Å². The number of halogens is 1. The number of ether oxygens (including phenoxy) is 1. The van der Waals surface area contributed by atoms with Gasteiger partial charge < -0.3 is 20.3 Å². The Balaban J connectivity index is 1.60. The van der Waals surface area contributed by atoms with Gasteiger partial charge in [0.2, 0.25) is 11.8 Å². The molecule has 2 aliphatic rings. The molecule has 4 rings (SSSR count). The van der Waals surface area contributed by atoms with Crippen molar-refractivity contribution < 1.29 is 19.1 Å². The summed E-state index contributed by atoms with van der Waals surface area (Å²) < 4.78 is 5.47. The van der Waals surface area contributed by atoms with Crippen LogP contribution in [-0.2, 0) is 9.59 Å². The first kappa shape index (κ1) is 24.1. The average molecular weight is 484 g/mol. The number of nitrogens with zero attached hydrogens (tertiary/aromatic N) is 1. The first-order valence-electron chi connectivity index (χ1n) is 11.8. The largest absolute Gasteiger partial charge is 0.496 e. The third-order valence-corrected chi connectivity index (χ3v) is 7.08. The molecule has 0 spiro atoms. The van der Waals surface area contributed by atoms with Gasteiger partial charge in [-0.25, -0.2) is 0 Å². The van der Waals surface area contributed by atoms with Crippen molar-refractivity contribution in [3.05, 3.63) is 47.0 Å². The van der Waals surface area contributed by atoms with Crippen molar-refractivity contribution in [3.8, 4) is 16.9 Å². The highest BCUT2D eigenvalue weighted by Crippen LogP contribution is 2.36. The lowest BCUT2D eigenvalue weighted by Crippen LogP contribution is -2.55. The molecule has 0 saturated carbocycles. The number of carbonyl (C=O) groups is 3. The second-order valence-electron chi connectivity index (χ2n) is 8.85. The monoisotopic (exact) mass is 483 g/mol. The van der Waals surface area contributed by atoms with Crippen molar-refractivity contribution in [3.63, 3.8) is 0 Å². The molecule has 2 N–H and O–H groups in total. The number of hydrogen-bond donors (Lipinski definition) is 2. The van der Waals surface area contributed by atoms with Crippen LogP contribution in [0.3, 0.4) is 0 Å². The average Bonchev–Trinajstić information content (AvgIpc) is 2.94. The number of rotatable bonds is 6. The van der Waals surface area contributed by atoms with Crippen molar-refractivity contribution in [2.24, 2.45) is 5.92 Å². The number of nitrogens with one attached hydrogen (secondary N) is 2. The van der Waals surface area contributed by atoms with E-state index in [-0.39, 0.29) is 29.7 Å². The Morgan fingerprint density at radius 2 is 1.94 bits per heavy atom. The fraction of sp³-hybridized carbons (Fsp3) is 0.423. The third kappa shape index (κ3) is 4.62. The Labute approximate surface area is 204 Å². The van der Waals surface area contributed by atoms with E-state index in [9.17, 15) is 14.4 Å². The van der Waals surface area contributed by atoms with E-state index in [1.807, 2.05) is 19.9 Å². The number of benzene rings is 2. The van der Waals surface area contributed by atoms with E-state index in [1.165, 1.54) is 0 Å². The van der Waals surface area contributed by atoms with E-state index >= 15 is 0 Å². The van der Waals surface area contributed by atoms with Crippen LogP contribution in [0.4, 0.5) is 5.69 Å². The fourth-order valence-corrected chi connectivity index (χ4v) is 5.01. The standard InChI is InChI=1S/C26H30ClN3O4/c1-4-15(5-2)24(31)28-18-10-11-30-22(14-18)25(32)29-21-8-6-16(12-20(21)26(30)33)19-13-17(27)7-9-23(19)34-3/h6-9,12-13,15,18,22H,4-5,10-11,14H2,1-3H3,(H,28,31)(H,29,32)/t18-,22+/m1/s1. The summed E-state index contributed by atoms with van der Waals surface area (Å²) in [6.45, 7) is 4.39. The van der Waals surface area contributed by atoms with E-state index in [1.54, 1.807) is 42.3 Å². The maximum atomic E-state index is 13.5. The Bertz CT molecular complexity index is 1120. The summed E-state index contributed by atoms with van der Waals surface area (Å²) >= 11 is 6.20. The smallest absolute Gasteiger partial charge is 0.256 e. The lowest BCUT2D eigenvalue weighted by molar-refractivity contribution is -0.127. The molecule has 180 valence electrons. The molecule has 34 heavy (non-hydrogen) atoms. The minimum Gasteiger partial charge on any atom is -0.496 e. The molecule has 8 heteroatoms. The number of methoxy groups -OCH3 is 1. The van der Waals surface area contributed by atoms with Crippen LogP contribution in [-0.4, -0.2) is 48.4 Å². The van der Waals surface area contributed by atoms with Gasteiger partial charge in [0.15, 0.2) is 0 Å². The molecule has 1 fully saturated rings. The van der Waals surface area contributed by atoms with Gasteiger partial charge in [-0.15, -0.1) is 0 Å². The number of anilines is 1. The number of carbonyl (C=O) groups excluding carboxylic acids is 3. The molecule has 0 unspecified atom stereocenters. The predicted molar refractivity (Wildman–Crippen MR) is 132 cm³/mol. The van der Waals surface area contributed by atoms with Crippen LogP contribution in [0.15, 0.2) is 36.4 Å². The predicted octanol–water partition coefficient (Wildman–Crippen LogP) is 4.49.